The van der Waals surface area contributed by atoms with Gasteiger partial charge in [0, 0.05) is 25.0 Å². The van der Waals surface area contributed by atoms with Gasteiger partial charge in [0.05, 0.1) is 19.4 Å². The Morgan fingerprint density at radius 1 is 1.16 bits per heavy atom. The van der Waals surface area contributed by atoms with Crippen molar-refractivity contribution in [3.8, 4) is 5.75 Å². The number of ether oxygens (including phenoxy) is 1. The SMILES string of the molecule is COC(=O)CNP(=O)(OCCN(C)c1cc(=O)oc2cc(C)ccc12)Oc1ccccc1. The Bertz CT molecular complexity index is 1180. The molecule has 0 fully saturated rings. The number of esters is 1. The highest BCUT2D eigenvalue weighted by atomic mass is 31.2. The minimum atomic E-state index is -3.88. The van der Waals surface area contributed by atoms with Crippen molar-refractivity contribution in [2.45, 2.75) is 6.92 Å². The summed E-state index contributed by atoms with van der Waals surface area (Å²) in [6, 6.07) is 15.5. The lowest BCUT2D eigenvalue weighted by molar-refractivity contribution is -0.139. The van der Waals surface area contributed by atoms with Crippen LogP contribution in [0.1, 0.15) is 5.56 Å². The fourth-order valence-corrected chi connectivity index (χ4v) is 4.20. The number of para-hydroxylation sites is 1. The standard InChI is InChI=1S/C22H25N2O7P/c1-16-9-10-18-19(14-21(25)30-20(18)13-16)24(2)11-12-29-32(27,23-15-22(26)28-3)31-17-7-5-4-6-8-17/h4-10,13-14H,11-12,15H2,1-3H3,(H,23,27). The summed E-state index contributed by atoms with van der Waals surface area (Å²) in [5, 5.41) is 3.28. The highest BCUT2D eigenvalue weighted by Crippen LogP contribution is 2.44. The van der Waals surface area contributed by atoms with Crippen molar-refractivity contribution in [3.05, 3.63) is 70.6 Å². The molecule has 0 aliphatic rings. The number of aryl methyl sites for hydroxylation is 1. The van der Waals surface area contributed by atoms with Crippen molar-refractivity contribution in [1.82, 2.24) is 5.09 Å². The molecule has 0 aliphatic carbocycles. The van der Waals surface area contributed by atoms with Crippen molar-refractivity contribution < 1.29 is 27.6 Å². The molecule has 32 heavy (non-hydrogen) atoms. The summed E-state index contributed by atoms with van der Waals surface area (Å²) in [7, 11) is -0.871. The molecule has 170 valence electrons. The quantitative estimate of drug-likeness (QED) is 0.276. The number of carbonyl (C=O) groups excluding carboxylic acids is 1. The maximum absolute atomic E-state index is 13.2. The Hall–Kier alpha value is -3.13. The summed E-state index contributed by atoms with van der Waals surface area (Å²) in [6.07, 6.45) is 0. The molecule has 0 amide bonds. The van der Waals surface area contributed by atoms with Gasteiger partial charge in [0.1, 0.15) is 17.9 Å². The summed E-state index contributed by atoms with van der Waals surface area (Å²) in [5.74, 6) is -0.288. The number of anilines is 1. The molecule has 1 aromatic heterocycles. The first kappa shape index (κ1) is 23.5. The van der Waals surface area contributed by atoms with Crippen molar-refractivity contribution in [3.63, 3.8) is 0 Å². The van der Waals surface area contributed by atoms with E-state index < -0.39 is 19.3 Å². The van der Waals surface area contributed by atoms with Gasteiger partial charge < -0.3 is 18.6 Å². The first-order chi connectivity index (χ1) is 15.3. The van der Waals surface area contributed by atoms with Gasteiger partial charge in [0.2, 0.25) is 0 Å². The van der Waals surface area contributed by atoms with Gasteiger partial charge in [-0.2, -0.15) is 0 Å². The van der Waals surface area contributed by atoms with Gasteiger partial charge in [0.15, 0.2) is 0 Å². The molecule has 2 aromatic carbocycles. The highest BCUT2D eigenvalue weighted by molar-refractivity contribution is 7.52. The lowest BCUT2D eigenvalue weighted by atomic mass is 10.1. The molecule has 0 radical (unpaired) electrons. The maximum atomic E-state index is 13.2. The molecular formula is C22H25N2O7P. The van der Waals surface area contributed by atoms with E-state index in [4.69, 9.17) is 13.5 Å². The number of fused-ring (bicyclic) bond motifs is 1. The molecule has 0 saturated carbocycles. The largest absolute Gasteiger partial charge is 0.468 e. The van der Waals surface area contributed by atoms with E-state index in [1.54, 1.807) is 48.3 Å². The number of likely N-dealkylation sites (N-methyl/N-ethyl adjacent to an activating group) is 1. The van der Waals surface area contributed by atoms with E-state index in [1.165, 1.54) is 13.2 Å². The molecule has 0 spiro atoms. The van der Waals surface area contributed by atoms with Crippen LogP contribution in [-0.4, -0.2) is 39.8 Å². The predicted octanol–water partition coefficient (Wildman–Crippen LogP) is 3.50. The van der Waals surface area contributed by atoms with Gasteiger partial charge in [-0.15, -0.1) is 0 Å². The van der Waals surface area contributed by atoms with Crippen LogP contribution in [0.4, 0.5) is 5.69 Å². The van der Waals surface area contributed by atoms with Crippen LogP contribution < -0.4 is 20.1 Å². The number of hydrogen-bond donors (Lipinski definition) is 1. The second kappa shape index (κ2) is 10.5. The van der Waals surface area contributed by atoms with Gasteiger partial charge in [-0.25, -0.2) is 14.4 Å². The molecule has 1 N–H and O–H groups in total. The molecule has 0 aliphatic heterocycles. The summed E-state index contributed by atoms with van der Waals surface area (Å²) < 4.78 is 34.1. The number of methoxy groups -OCH3 is 1. The van der Waals surface area contributed by atoms with Crippen molar-refractivity contribution in [2.75, 3.05) is 38.8 Å². The summed E-state index contributed by atoms with van der Waals surface area (Å²) in [5.41, 5.74) is 1.64. The number of benzene rings is 2. The first-order valence-corrected chi connectivity index (χ1v) is 11.4. The molecule has 1 atom stereocenters. The molecule has 10 heteroatoms. The van der Waals surface area contributed by atoms with Crippen molar-refractivity contribution in [2.24, 2.45) is 0 Å². The second-order valence-corrected chi connectivity index (χ2v) is 8.77. The van der Waals surface area contributed by atoms with Crippen LogP contribution in [-0.2, 0) is 18.6 Å². The Kier molecular flexibility index (Phi) is 7.69. The third-order valence-electron chi connectivity index (χ3n) is 4.59. The fraction of sp³-hybridized carbons (Fsp3) is 0.273. The van der Waals surface area contributed by atoms with Gasteiger partial charge >= 0.3 is 19.3 Å². The average molecular weight is 460 g/mol. The third-order valence-corrected chi connectivity index (χ3v) is 6.11. The average Bonchev–Trinajstić information content (AvgIpc) is 2.77. The van der Waals surface area contributed by atoms with Gasteiger partial charge in [-0.05, 0) is 36.8 Å². The third kappa shape index (κ3) is 6.20. The van der Waals surface area contributed by atoms with Gasteiger partial charge in [-0.3, -0.25) is 9.32 Å². The van der Waals surface area contributed by atoms with Crippen molar-refractivity contribution in [1.29, 1.82) is 0 Å². The topological polar surface area (TPSA) is 107 Å². The first-order valence-electron chi connectivity index (χ1n) is 9.86. The number of nitrogens with zero attached hydrogens (tertiary/aromatic N) is 1. The minimum absolute atomic E-state index is 0.0115. The van der Waals surface area contributed by atoms with E-state index in [2.05, 4.69) is 9.82 Å². The Morgan fingerprint density at radius 3 is 2.62 bits per heavy atom. The zero-order valence-corrected chi connectivity index (χ0v) is 19.0. The van der Waals surface area contributed by atoms with Crippen LogP contribution in [0.3, 0.4) is 0 Å². The predicted molar refractivity (Wildman–Crippen MR) is 121 cm³/mol. The minimum Gasteiger partial charge on any atom is -0.468 e. The summed E-state index contributed by atoms with van der Waals surface area (Å²) in [6.45, 7) is 1.84. The number of carbonyl (C=O) groups is 1. The Balaban J connectivity index is 1.72. The maximum Gasteiger partial charge on any atom is 0.459 e. The lowest BCUT2D eigenvalue weighted by Gasteiger charge is -2.23. The smallest absolute Gasteiger partial charge is 0.459 e. The molecule has 3 aromatic rings. The van der Waals surface area contributed by atoms with Crippen molar-refractivity contribution >= 4 is 30.4 Å². The number of rotatable bonds is 10. The zero-order valence-electron chi connectivity index (χ0n) is 18.1. The van der Waals surface area contributed by atoms with E-state index in [-0.39, 0.29) is 19.7 Å². The van der Waals surface area contributed by atoms with E-state index in [0.717, 1.165) is 10.9 Å². The van der Waals surface area contributed by atoms with Crippen LogP contribution in [0.25, 0.3) is 11.0 Å². The fourth-order valence-electron chi connectivity index (χ4n) is 2.94. The molecular weight excluding hydrogens is 435 g/mol. The monoisotopic (exact) mass is 460 g/mol. The molecule has 0 saturated heterocycles. The van der Waals surface area contributed by atoms with Crippen LogP contribution in [0, 0.1) is 6.92 Å². The summed E-state index contributed by atoms with van der Waals surface area (Å²) in [4.78, 5) is 25.3. The Morgan fingerprint density at radius 2 is 1.91 bits per heavy atom. The lowest BCUT2D eigenvalue weighted by Crippen LogP contribution is -2.28. The number of nitrogens with one attached hydrogen (secondary N) is 1. The molecule has 0 bridgehead atoms. The second-order valence-electron chi connectivity index (χ2n) is 7.02. The number of hydrogen-bond acceptors (Lipinski definition) is 8. The molecule has 3 rings (SSSR count). The highest BCUT2D eigenvalue weighted by Gasteiger charge is 2.28. The van der Waals surface area contributed by atoms with Crippen LogP contribution >= 0.6 is 7.75 Å². The van der Waals surface area contributed by atoms with E-state index in [9.17, 15) is 14.2 Å². The van der Waals surface area contributed by atoms with Gasteiger partial charge in [0.25, 0.3) is 0 Å². The van der Waals surface area contributed by atoms with Crippen LogP contribution in [0.2, 0.25) is 0 Å². The zero-order chi connectivity index (χ0) is 23.1. The van der Waals surface area contributed by atoms with E-state index in [1.807, 2.05) is 19.1 Å². The van der Waals surface area contributed by atoms with Gasteiger partial charge in [-0.1, -0.05) is 24.3 Å². The van der Waals surface area contributed by atoms with E-state index >= 15 is 0 Å². The molecule has 9 nitrogen and oxygen atoms in total. The van der Waals surface area contributed by atoms with Crippen LogP contribution in [0.5, 0.6) is 5.75 Å². The summed E-state index contributed by atoms with van der Waals surface area (Å²) >= 11 is 0. The van der Waals surface area contributed by atoms with E-state index in [0.29, 0.717) is 17.0 Å². The normalized spacial score (nSPS) is 12.8. The molecule has 1 heterocycles. The molecule has 1 unspecified atom stereocenters. The Labute approximate surface area is 185 Å². The van der Waals surface area contributed by atoms with Crippen LogP contribution in [0.15, 0.2) is 63.8 Å².